The zero-order valence-electron chi connectivity index (χ0n) is 12.8. The average molecular weight is 309 g/mol. The molecule has 2 N–H and O–H groups in total. The van der Waals surface area contributed by atoms with E-state index in [0.717, 1.165) is 10.6 Å². The third kappa shape index (κ3) is 5.02. The molecule has 1 unspecified atom stereocenters. The Balaban J connectivity index is 1.94. The van der Waals surface area contributed by atoms with Crippen LogP contribution in [0.25, 0.3) is 0 Å². The monoisotopic (exact) mass is 308 g/mol. The lowest BCUT2D eigenvalue weighted by Crippen LogP contribution is -2.35. The Labute approximate surface area is 130 Å². The number of rotatable bonds is 5. The van der Waals surface area contributed by atoms with Gasteiger partial charge in [0.15, 0.2) is 0 Å². The summed E-state index contributed by atoms with van der Waals surface area (Å²) < 4.78 is 5.57. The second-order valence-corrected chi connectivity index (χ2v) is 6.46. The van der Waals surface area contributed by atoms with Crippen LogP contribution >= 0.6 is 11.6 Å². The van der Waals surface area contributed by atoms with Crippen molar-refractivity contribution in [2.45, 2.75) is 45.8 Å². The maximum atomic E-state index is 5.88. The van der Waals surface area contributed by atoms with Crippen molar-refractivity contribution in [2.75, 3.05) is 5.32 Å². The van der Waals surface area contributed by atoms with Gasteiger partial charge in [0.2, 0.25) is 5.89 Å². The van der Waals surface area contributed by atoms with Crippen molar-refractivity contribution in [3.63, 3.8) is 0 Å². The first-order chi connectivity index (χ1) is 9.83. The number of halogens is 1. The van der Waals surface area contributed by atoms with E-state index in [2.05, 4.69) is 41.6 Å². The van der Waals surface area contributed by atoms with Gasteiger partial charge < -0.3 is 15.1 Å². The summed E-state index contributed by atoms with van der Waals surface area (Å²) in [5, 5.41) is 15.2. The molecule has 2 aromatic rings. The molecule has 6 heteroatoms. The number of hydrogen-bond donors (Lipinski definition) is 2. The molecule has 5 nitrogen and oxygen atoms in total. The Bertz CT molecular complexity index is 574. The van der Waals surface area contributed by atoms with Gasteiger partial charge in [0.25, 0.3) is 0 Å². The van der Waals surface area contributed by atoms with E-state index in [4.69, 9.17) is 16.0 Å². The van der Waals surface area contributed by atoms with Crippen molar-refractivity contribution in [2.24, 2.45) is 0 Å². The molecule has 0 radical (unpaired) electrons. The van der Waals surface area contributed by atoms with Gasteiger partial charge in [-0.25, -0.2) is 0 Å². The minimum absolute atomic E-state index is 0.0126. The molecule has 0 saturated heterocycles. The van der Waals surface area contributed by atoms with Crippen LogP contribution in [0.1, 0.15) is 45.2 Å². The van der Waals surface area contributed by atoms with E-state index in [9.17, 15) is 0 Å². The van der Waals surface area contributed by atoms with Gasteiger partial charge in [-0.05, 0) is 45.4 Å². The van der Waals surface area contributed by atoms with Crippen LogP contribution in [0.5, 0.6) is 0 Å². The Kier molecular flexibility index (Phi) is 4.85. The van der Waals surface area contributed by atoms with Crippen LogP contribution in [0.4, 0.5) is 6.01 Å². The van der Waals surface area contributed by atoms with Crippen molar-refractivity contribution >= 4 is 17.6 Å². The van der Waals surface area contributed by atoms with Crippen LogP contribution in [0.15, 0.2) is 28.7 Å². The standard InChI is InChI=1S/C15H21ClN4O/c1-10(11-5-7-12(16)8-6-11)18-14-20-19-13(21-14)9-17-15(2,3)4/h5-8,10,17H,9H2,1-4H3,(H,18,20). The Morgan fingerprint density at radius 2 is 1.86 bits per heavy atom. The van der Waals surface area contributed by atoms with Crippen LogP contribution in [-0.2, 0) is 6.54 Å². The summed E-state index contributed by atoms with van der Waals surface area (Å²) >= 11 is 5.88. The fraction of sp³-hybridized carbons (Fsp3) is 0.467. The van der Waals surface area contributed by atoms with Gasteiger partial charge in [-0.3, -0.25) is 0 Å². The summed E-state index contributed by atoms with van der Waals surface area (Å²) in [4.78, 5) is 0. The summed E-state index contributed by atoms with van der Waals surface area (Å²) in [5.41, 5.74) is 1.12. The topological polar surface area (TPSA) is 63.0 Å². The summed E-state index contributed by atoms with van der Waals surface area (Å²) in [6.07, 6.45) is 0. The first kappa shape index (κ1) is 15.8. The van der Waals surface area contributed by atoms with Crippen molar-refractivity contribution in [1.29, 1.82) is 0 Å². The highest BCUT2D eigenvalue weighted by molar-refractivity contribution is 6.30. The molecule has 114 valence electrons. The van der Waals surface area contributed by atoms with Gasteiger partial charge in [0, 0.05) is 10.6 Å². The molecule has 0 aliphatic heterocycles. The number of benzene rings is 1. The largest absolute Gasteiger partial charge is 0.407 e. The minimum Gasteiger partial charge on any atom is -0.407 e. The Morgan fingerprint density at radius 3 is 2.48 bits per heavy atom. The van der Waals surface area contributed by atoms with Crippen molar-refractivity contribution in [3.05, 3.63) is 40.7 Å². The molecule has 1 heterocycles. The predicted molar refractivity (Wildman–Crippen MR) is 84.4 cm³/mol. The number of anilines is 1. The van der Waals surface area contributed by atoms with Crippen LogP contribution in [0, 0.1) is 0 Å². The molecule has 0 aliphatic rings. The average Bonchev–Trinajstić information content (AvgIpc) is 2.84. The maximum Gasteiger partial charge on any atom is 0.315 e. The summed E-state index contributed by atoms with van der Waals surface area (Å²) in [7, 11) is 0. The van der Waals surface area contributed by atoms with E-state index >= 15 is 0 Å². The van der Waals surface area contributed by atoms with E-state index in [0.29, 0.717) is 18.5 Å². The summed E-state index contributed by atoms with van der Waals surface area (Å²) in [5.74, 6) is 0.565. The number of nitrogens with zero attached hydrogens (tertiary/aromatic N) is 2. The smallest absolute Gasteiger partial charge is 0.315 e. The Morgan fingerprint density at radius 1 is 1.19 bits per heavy atom. The van der Waals surface area contributed by atoms with E-state index in [-0.39, 0.29) is 11.6 Å². The molecule has 1 aromatic heterocycles. The highest BCUT2D eigenvalue weighted by Gasteiger charge is 2.13. The maximum absolute atomic E-state index is 5.88. The molecule has 21 heavy (non-hydrogen) atoms. The predicted octanol–water partition coefficient (Wildman–Crippen LogP) is 3.78. The molecule has 0 spiro atoms. The zero-order valence-corrected chi connectivity index (χ0v) is 13.5. The van der Waals surface area contributed by atoms with Gasteiger partial charge in [0.05, 0.1) is 12.6 Å². The van der Waals surface area contributed by atoms with Crippen LogP contribution in [0.2, 0.25) is 5.02 Å². The molecule has 0 bridgehead atoms. The highest BCUT2D eigenvalue weighted by atomic mass is 35.5. The van der Waals surface area contributed by atoms with Crippen LogP contribution in [0.3, 0.4) is 0 Å². The quantitative estimate of drug-likeness (QED) is 0.880. The molecule has 0 fully saturated rings. The van der Waals surface area contributed by atoms with E-state index in [1.165, 1.54) is 0 Å². The number of nitrogens with one attached hydrogen (secondary N) is 2. The zero-order chi connectivity index (χ0) is 15.5. The van der Waals surface area contributed by atoms with Crippen molar-refractivity contribution in [3.8, 4) is 0 Å². The number of aromatic nitrogens is 2. The molecule has 0 amide bonds. The molecule has 2 rings (SSSR count). The van der Waals surface area contributed by atoms with Crippen molar-refractivity contribution in [1.82, 2.24) is 15.5 Å². The summed E-state index contributed by atoms with van der Waals surface area (Å²) in [6.45, 7) is 8.84. The fourth-order valence-corrected chi connectivity index (χ4v) is 1.87. The molecule has 0 aliphatic carbocycles. The van der Waals surface area contributed by atoms with Gasteiger partial charge in [-0.15, -0.1) is 5.10 Å². The molecular weight excluding hydrogens is 288 g/mol. The third-order valence-electron chi connectivity index (χ3n) is 2.95. The van der Waals surface area contributed by atoms with Crippen LogP contribution < -0.4 is 10.6 Å². The lowest BCUT2D eigenvalue weighted by molar-refractivity contribution is 0.383. The Hall–Kier alpha value is -1.59. The van der Waals surface area contributed by atoms with Crippen molar-refractivity contribution < 1.29 is 4.42 Å². The van der Waals surface area contributed by atoms with E-state index in [1.807, 2.05) is 31.2 Å². The lowest BCUT2D eigenvalue weighted by Gasteiger charge is -2.18. The molecule has 0 saturated carbocycles. The highest BCUT2D eigenvalue weighted by Crippen LogP contribution is 2.20. The molecular formula is C15H21ClN4O. The van der Waals surface area contributed by atoms with Gasteiger partial charge >= 0.3 is 6.01 Å². The van der Waals surface area contributed by atoms with Gasteiger partial charge in [-0.2, -0.15) is 0 Å². The second-order valence-electron chi connectivity index (χ2n) is 6.02. The SMILES string of the molecule is CC(Nc1nnc(CNC(C)(C)C)o1)c1ccc(Cl)cc1. The molecule has 1 atom stereocenters. The normalized spacial score (nSPS) is 13.2. The van der Waals surface area contributed by atoms with Gasteiger partial charge in [0.1, 0.15) is 0 Å². The lowest BCUT2D eigenvalue weighted by atomic mass is 10.1. The first-order valence-electron chi connectivity index (χ1n) is 6.93. The number of hydrogen-bond acceptors (Lipinski definition) is 5. The fourth-order valence-electron chi connectivity index (χ4n) is 1.74. The van der Waals surface area contributed by atoms with Crippen LogP contribution in [-0.4, -0.2) is 15.7 Å². The second kappa shape index (κ2) is 6.45. The van der Waals surface area contributed by atoms with E-state index in [1.54, 1.807) is 0 Å². The third-order valence-corrected chi connectivity index (χ3v) is 3.20. The first-order valence-corrected chi connectivity index (χ1v) is 7.31. The molecule has 1 aromatic carbocycles. The van der Waals surface area contributed by atoms with Gasteiger partial charge in [-0.1, -0.05) is 28.8 Å². The summed E-state index contributed by atoms with van der Waals surface area (Å²) in [6, 6.07) is 8.15. The van der Waals surface area contributed by atoms with E-state index < -0.39 is 0 Å². The minimum atomic E-state index is 0.0126.